The van der Waals surface area contributed by atoms with E-state index < -0.39 is 15.8 Å². The molecular formula is C22H24N2O5S. The van der Waals surface area contributed by atoms with Crippen molar-refractivity contribution in [3.05, 3.63) is 48.0 Å². The van der Waals surface area contributed by atoms with Gasteiger partial charge in [-0.2, -0.15) is 0 Å². The van der Waals surface area contributed by atoms with Crippen LogP contribution in [0.3, 0.4) is 0 Å². The zero-order valence-corrected chi connectivity index (χ0v) is 17.8. The summed E-state index contributed by atoms with van der Waals surface area (Å²) in [6, 6.07) is 12.1. The largest absolute Gasteiger partial charge is 0.497 e. The van der Waals surface area contributed by atoms with Crippen molar-refractivity contribution in [2.75, 3.05) is 36.3 Å². The molecule has 7 nitrogen and oxygen atoms in total. The number of ether oxygens (including phenoxy) is 1. The van der Waals surface area contributed by atoms with Crippen molar-refractivity contribution in [3.63, 3.8) is 0 Å². The Labute approximate surface area is 176 Å². The normalized spacial score (nSPS) is 19.0. The van der Waals surface area contributed by atoms with E-state index in [1.54, 1.807) is 47.2 Å². The smallest absolute Gasteiger partial charge is 0.232 e. The molecule has 4 rings (SSSR count). The minimum absolute atomic E-state index is 0.0804. The molecule has 8 heteroatoms. The van der Waals surface area contributed by atoms with Crippen LogP contribution in [0.2, 0.25) is 0 Å². The highest BCUT2D eigenvalue weighted by atomic mass is 32.2. The van der Waals surface area contributed by atoms with E-state index in [1.165, 1.54) is 6.26 Å². The first-order valence-electron chi connectivity index (χ1n) is 9.86. The molecule has 2 aromatic carbocycles. The number of fused-ring (bicyclic) bond motifs is 1. The lowest BCUT2D eigenvalue weighted by atomic mass is 9.99. The first-order chi connectivity index (χ1) is 14.3. The molecule has 2 amide bonds. The van der Waals surface area contributed by atoms with Gasteiger partial charge in [0.15, 0.2) is 9.84 Å². The van der Waals surface area contributed by atoms with Gasteiger partial charge in [-0.15, -0.1) is 0 Å². The standard InChI is InChI=1S/C22H24N2O5S/c1-29-18-7-5-17(6-8-18)24-14-16(13-21(24)25)22(26)23-11-3-4-15-12-19(30(2,27)28)9-10-20(15)23/h5-10,12,16H,3-4,11,13-14H2,1-2H3. The molecule has 1 saturated heterocycles. The third-order valence-electron chi connectivity index (χ3n) is 5.72. The number of sulfone groups is 1. The van der Waals surface area contributed by atoms with Gasteiger partial charge in [0.05, 0.1) is 17.9 Å². The van der Waals surface area contributed by atoms with Gasteiger partial charge in [0.2, 0.25) is 11.8 Å². The van der Waals surface area contributed by atoms with Crippen LogP contribution in [-0.4, -0.2) is 46.7 Å². The summed E-state index contributed by atoms with van der Waals surface area (Å²) < 4.78 is 28.9. The summed E-state index contributed by atoms with van der Waals surface area (Å²) in [7, 11) is -1.72. The fourth-order valence-corrected chi connectivity index (χ4v) is 4.81. The maximum Gasteiger partial charge on any atom is 0.232 e. The van der Waals surface area contributed by atoms with Crippen molar-refractivity contribution in [2.24, 2.45) is 5.92 Å². The minimum atomic E-state index is -3.30. The highest BCUT2D eigenvalue weighted by Crippen LogP contribution is 2.33. The number of hydrogen-bond donors (Lipinski definition) is 0. The number of anilines is 2. The van der Waals surface area contributed by atoms with Gasteiger partial charge in [0, 0.05) is 37.1 Å². The van der Waals surface area contributed by atoms with Crippen LogP contribution in [0.1, 0.15) is 18.4 Å². The van der Waals surface area contributed by atoms with Gasteiger partial charge in [0.1, 0.15) is 5.75 Å². The van der Waals surface area contributed by atoms with E-state index >= 15 is 0 Å². The van der Waals surface area contributed by atoms with Crippen LogP contribution < -0.4 is 14.5 Å². The SMILES string of the molecule is COc1ccc(N2CC(C(=O)N3CCCc4cc(S(C)(=O)=O)ccc43)CC2=O)cc1. The number of carbonyl (C=O) groups excluding carboxylic acids is 2. The highest BCUT2D eigenvalue weighted by molar-refractivity contribution is 7.90. The van der Waals surface area contributed by atoms with Crippen molar-refractivity contribution < 1.29 is 22.7 Å². The van der Waals surface area contributed by atoms with Crippen LogP contribution in [0, 0.1) is 5.92 Å². The van der Waals surface area contributed by atoms with Crippen molar-refractivity contribution >= 4 is 33.0 Å². The molecule has 2 aliphatic rings. The number of rotatable bonds is 4. The molecular weight excluding hydrogens is 404 g/mol. The molecule has 2 heterocycles. The van der Waals surface area contributed by atoms with E-state index in [0.717, 1.165) is 29.8 Å². The van der Waals surface area contributed by atoms with Crippen molar-refractivity contribution in [2.45, 2.75) is 24.2 Å². The van der Waals surface area contributed by atoms with Crippen molar-refractivity contribution in [3.8, 4) is 5.75 Å². The summed E-state index contributed by atoms with van der Waals surface area (Å²) in [6.45, 7) is 0.897. The number of methoxy groups -OCH3 is 1. The summed E-state index contributed by atoms with van der Waals surface area (Å²) in [5.74, 6) is 0.104. The van der Waals surface area contributed by atoms with Crippen LogP contribution in [0.25, 0.3) is 0 Å². The lowest BCUT2D eigenvalue weighted by Gasteiger charge is -2.31. The molecule has 1 atom stereocenters. The zero-order valence-electron chi connectivity index (χ0n) is 17.0. The molecule has 2 aromatic rings. The van der Waals surface area contributed by atoms with Crippen LogP contribution >= 0.6 is 0 Å². The maximum atomic E-state index is 13.3. The molecule has 30 heavy (non-hydrogen) atoms. The predicted molar refractivity (Wildman–Crippen MR) is 114 cm³/mol. The monoisotopic (exact) mass is 428 g/mol. The Balaban J connectivity index is 1.55. The second-order valence-electron chi connectivity index (χ2n) is 7.76. The van der Waals surface area contributed by atoms with Gasteiger partial charge in [-0.3, -0.25) is 9.59 Å². The van der Waals surface area contributed by atoms with E-state index in [9.17, 15) is 18.0 Å². The average molecular weight is 429 g/mol. The molecule has 0 bridgehead atoms. The summed E-state index contributed by atoms with van der Waals surface area (Å²) >= 11 is 0. The van der Waals surface area contributed by atoms with Gasteiger partial charge in [-0.05, 0) is 60.9 Å². The number of amides is 2. The third kappa shape index (κ3) is 3.79. The van der Waals surface area contributed by atoms with Gasteiger partial charge < -0.3 is 14.5 Å². The molecule has 2 aliphatic heterocycles. The molecule has 0 saturated carbocycles. The Morgan fingerprint density at radius 1 is 1.13 bits per heavy atom. The number of carbonyl (C=O) groups is 2. The second kappa shape index (κ2) is 7.75. The van der Waals surface area contributed by atoms with Crippen LogP contribution in [0.4, 0.5) is 11.4 Å². The number of hydrogen-bond acceptors (Lipinski definition) is 5. The van der Waals surface area contributed by atoms with E-state index in [0.29, 0.717) is 18.8 Å². The number of aryl methyl sites for hydroxylation is 1. The summed E-state index contributed by atoms with van der Waals surface area (Å²) in [6.07, 6.45) is 2.83. The van der Waals surface area contributed by atoms with Crippen LogP contribution in [-0.2, 0) is 25.8 Å². The maximum absolute atomic E-state index is 13.3. The van der Waals surface area contributed by atoms with Gasteiger partial charge in [0.25, 0.3) is 0 Å². The van der Waals surface area contributed by atoms with E-state index in [1.807, 2.05) is 12.1 Å². The first-order valence-corrected chi connectivity index (χ1v) is 11.8. The summed E-state index contributed by atoms with van der Waals surface area (Å²) in [5.41, 5.74) is 2.34. The topological polar surface area (TPSA) is 84.0 Å². The van der Waals surface area contributed by atoms with Crippen molar-refractivity contribution in [1.82, 2.24) is 0 Å². The fraction of sp³-hybridized carbons (Fsp3) is 0.364. The van der Waals surface area contributed by atoms with E-state index in [2.05, 4.69) is 0 Å². The Hall–Kier alpha value is -2.87. The Kier molecular flexibility index (Phi) is 5.27. The van der Waals surface area contributed by atoms with E-state index in [4.69, 9.17) is 4.74 Å². The predicted octanol–water partition coefficient (Wildman–Crippen LogP) is 2.43. The number of benzene rings is 2. The quantitative estimate of drug-likeness (QED) is 0.747. The van der Waals surface area contributed by atoms with Gasteiger partial charge >= 0.3 is 0 Å². The highest BCUT2D eigenvalue weighted by Gasteiger charge is 2.38. The minimum Gasteiger partial charge on any atom is -0.497 e. The lowest BCUT2D eigenvalue weighted by molar-refractivity contribution is -0.124. The molecule has 158 valence electrons. The Bertz CT molecular complexity index is 1100. The molecule has 1 fully saturated rings. The van der Waals surface area contributed by atoms with Gasteiger partial charge in [-0.1, -0.05) is 0 Å². The lowest BCUT2D eigenvalue weighted by Crippen LogP contribution is -2.40. The molecule has 0 radical (unpaired) electrons. The third-order valence-corrected chi connectivity index (χ3v) is 6.83. The molecule has 0 aromatic heterocycles. The average Bonchev–Trinajstić information content (AvgIpc) is 3.13. The van der Waals surface area contributed by atoms with Gasteiger partial charge in [-0.25, -0.2) is 8.42 Å². The summed E-state index contributed by atoms with van der Waals surface area (Å²) in [4.78, 5) is 29.5. The fourth-order valence-electron chi connectivity index (χ4n) is 4.14. The second-order valence-corrected chi connectivity index (χ2v) is 9.78. The molecule has 0 spiro atoms. The molecule has 0 aliphatic carbocycles. The van der Waals surface area contributed by atoms with Crippen LogP contribution in [0.5, 0.6) is 5.75 Å². The van der Waals surface area contributed by atoms with E-state index in [-0.39, 0.29) is 23.1 Å². The Morgan fingerprint density at radius 2 is 1.87 bits per heavy atom. The number of nitrogens with zero attached hydrogens (tertiary/aromatic N) is 2. The first kappa shape index (κ1) is 20.4. The molecule has 1 unspecified atom stereocenters. The zero-order chi connectivity index (χ0) is 21.5. The van der Waals surface area contributed by atoms with Crippen molar-refractivity contribution in [1.29, 1.82) is 0 Å². The molecule has 0 N–H and O–H groups in total. The van der Waals surface area contributed by atoms with Crippen LogP contribution in [0.15, 0.2) is 47.4 Å². The Morgan fingerprint density at radius 3 is 2.53 bits per heavy atom. The summed E-state index contributed by atoms with van der Waals surface area (Å²) in [5, 5.41) is 0.